The molecule has 0 aliphatic rings. The zero-order valence-corrected chi connectivity index (χ0v) is 15.4. The van der Waals surface area contributed by atoms with Crippen molar-refractivity contribution >= 4 is 22.4 Å². The van der Waals surface area contributed by atoms with Crippen molar-refractivity contribution in [3.63, 3.8) is 0 Å². The second-order valence-corrected chi connectivity index (χ2v) is 6.21. The van der Waals surface area contributed by atoms with E-state index in [1.807, 2.05) is 0 Å². The standard InChI is InChI=1S/C25H16ClN3/c26-25-28-23(18-9-5-2-6-10-18)27-24(29-25)22-14-13-20-15-19(11-12-21(20)16-22)17-7-3-1-4-8-17/h1-16H/i1D,3D,4D,7D,8D,11D,12D,13D,14D,15D,16D. The molecule has 0 N–H and O–H groups in total. The third-order valence-electron chi connectivity index (χ3n) is 3.99. The molecule has 5 aromatic rings. The molecule has 1 heterocycles. The monoisotopic (exact) mass is 404 g/mol. The van der Waals surface area contributed by atoms with Crippen LogP contribution in [0.3, 0.4) is 0 Å². The van der Waals surface area contributed by atoms with Gasteiger partial charge in [0, 0.05) is 11.1 Å². The van der Waals surface area contributed by atoms with Crippen LogP contribution in [0.2, 0.25) is 5.28 Å². The highest BCUT2D eigenvalue weighted by Crippen LogP contribution is 2.28. The van der Waals surface area contributed by atoms with Crippen molar-refractivity contribution in [2.45, 2.75) is 0 Å². The number of halogens is 1. The summed E-state index contributed by atoms with van der Waals surface area (Å²) in [7, 11) is 0. The van der Waals surface area contributed by atoms with E-state index in [0.29, 0.717) is 5.56 Å². The van der Waals surface area contributed by atoms with Gasteiger partial charge in [0.15, 0.2) is 11.6 Å². The van der Waals surface area contributed by atoms with Crippen LogP contribution >= 0.6 is 11.6 Å². The van der Waals surface area contributed by atoms with Gasteiger partial charge in [-0.15, -0.1) is 0 Å². The first-order valence-corrected chi connectivity index (χ1v) is 8.82. The minimum Gasteiger partial charge on any atom is -0.208 e. The van der Waals surface area contributed by atoms with Crippen LogP contribution in [-0.4, -0.2) is 15.0 Å². The third kappa shape index (κ3) is 3.60. The van der Waals surface area contributed by atoms with E-state index in [9.17, 15) is 0 Å². The highest BCUT2D eigenvalue weighted by Gasteiger charge is 2.10. The first kappa shape index (κ1) is 9.29. The minimum atomic E-state index is -0.689. The van der Waals surface area contributed by atoms with Gasteiger partial charge in [-0.1, -0.05) is 84.7 Å². The van der Waals surface area contributed by atoms with Gasteiger partial charge in [0.25, 0.3) is 0 Å². The molecule has 29 heavy (non-hydrogen) atoms. The Balaban J connectivity index is 1.87. The van der Waals surface area contributed by atoms with Gasteiger partial charge in [0.2, 0.25) is 5.28 Å². The zero-order valence-electron chi connectivity index (χ0n) is 25.6. The summed E-state index contributed by atoms with van der Waals surface area (Å²) in [4.78, 5) is 12.5. The molecule has 0 amide bonds. The average molecular weight is 405 g/mol. The van der Waals surface area contributed by atoms with Crippen LogP contribution in [0.4, 0.5) is 0 Å². The summed E-state index contributed by atoms with van der Waals surface area (Å²) in [6, 6.07) is 1.75. The molecule has 0 aliphatic carbocycles. The van der Waals surface area contributed by atoms with Gasteiger partial charge in [0.05, 0.1) is 15.1 Å². The summed E-state index contributed by atoms with van der Waals surface area (Å²) < 4.78 is 92.7. The Morgan fingerprint density at radius 2 is 1.21 bits per heavy atom. The number of fused-ring (bicyclic) bond motifs is 1. The molecule has 4 aromatic carbocycles. The SMILES string of the molecule is [2H]c1c([2H])c([2H])c(-c2c([2H])c([2H])c3c([2H])c(-c4nc(Cl)nc(-c5ccccc5)n4)c([2H])c([2H])c3c2[2H])c([2H])c1[2H]. The number of hydrogen-bond donors (Lipinski definition) is 0. The molecule has 0 saturated heterocycles. The van der Waals surface area contributed by atoms with E-state index in [2.05, 4.69) is 15.0 Å². The van der Waals surface area contributed by atoms with E-state index in [4.69, 9.17) is 26.7 Å². The summed E-state index contributed by atoms with van der Waals surface area (Å²) in [6.07, 6.45) is 0. The first-order chi connectivity index (χ1) is 18.9. The first-order valence-electron chi connectivity index (χ1n) is 13.9. The van der Waals surface area contributed by atoms with Gasteiger partial charge in [-0.3, -0.25) is 0 Å². The predicted molar refractivity (Wildman–Crippen MR) is 119 cm³/mol. The fraction of sp³-hybridized carbons (Fsp3) is 0. The van der Waals surface area contributed by atoms with Crippen LogP contribution in [-0.2, 0) is 0 Å². The van der Waals surface area contributed by atoms with Crippen LogP contribution < -0.4 is 0 Å². The number of aromatic nitrogens is 3. The molecule has 0 radical (unpaired) electrons. The van der Waals surface area contributed by atoms with Gasteiger partial charge in [0.1, 0.15) is 0 Å². The van der Waals surface area contributed by atoms with Crippen molar-refractivity contribution in [3.8, 4) is 33.9 Å². The van der Waals surface area contributed by atoms with E-state index < -0.39 is 77.6 Å². The average Bonchev–Trinajstić information content (AvgIpc) is 2.93. The predicted octanol–water partition coefficient (Wildman–Crippen LogP) is 6.68. The normalized spacial score (nSPS) is 16.2. The molecule has 0 saturated carbocycles. The number of rotatable bonds is 3. The van der Waals surface area contributed by atoms with Crippen LogP contribution in [0.5, 0.6) is 0 Å². The van der Waals surface area contributed by atoms with Gasteiger partial charge in [-0.25, -0.2) is 4.98 Å². The third-order valence-corrected chi connectivity index (χ3v) is 4.16. The van der Waals surface area contributed by atoms with E-state index in [1.165, 1.54) is 0 Å². The Kier molecular flexibility index (Phi) is 2.39. The maximum absolute atomic E-state index is 8.86. The lowest BCUT2D eigenvalue weighted by Crippen LogP contribution is -1.97. The van der Waals surface area contributed by atoms with E-state index >= 15 is 0 Å². The van der Waals surface area contributed by atoms with E-state index in [1.54, 1.807) is 30.3 Å². The van der Waals surface area contributed by atoms with E-state index in [-0.39, 0.29) is 33.3 Å². The van der Waals surface area contributed by atoms with Crippen LogP contribution in [0, 0.1) is 0 Å². The van der Waals surface area contributed by atoms with Crippen molar-refractivity contribution < 1.29 is 15.1 Å². The molecular formula is C25H16ClN3. The van der Waals surface area contributed by atoms with Crippen molar-refractivity contribution in [1.82, 2.24) is 15.0 Å². The molecule has 5 rings (SSSR count). The van der Waals surface area contributed by atoms with Gasteiger partial charge in [-0.05, 0) is 45.6 Å². The molecular weight excluding hydrogens is 378 g/mol. The van der Waals surface area contributed by atoms with E-state index in [0.717, 1.165) is 0 Å². The summed E-state index contributed by atoms with van der Waals surface area (Å²) in [5, 5.41) is -0.913. The second kappa shape index (κ2) is 7.46. The summed E-state index contributed by atoms with van der Waals surface area (Å²) >= 11 is 6.14. The lowest BCUT2D eigenvalue weighted by Gasteiger charge is -2.08. The van der Waals surface area contributed by atoms with Crippen LogP contribution in [0.1, 0.15) is 15.1 Å². The largest absolute Gasteiger partial charge is 0.226 e. The number of nitrogens with zero attached hydrogens (tertiary/aromatic N) is 3. The van der Waals surface area contributed by atoms with Crippen molar-refractivity contribution in [2.24, 2.45) is 0 Å². The Morgan fingerprint density at radius 3 is 1.93 bits per heavy atom. The highest BCUT2D eigenvalue weighted by molar-refractivity contribution is 6.28. The molecule has 0 fully saturated rings. The Hall–Kier alpha value is -3.56. The highest BCUT2D eigenvalue weighted by atomic mass is 35.5. The fourth-order valence-corrected chi connectivity index (χ4v) is 2.83. The number of hydrogen-bond acceptors (Lipinski definition) is 3. The van der Waals surface area contributed by atoms with Gasteiger partial charge < -0.3 is 0 Å². The number of benzene rings is 4. The van der Waals surface area contributed by atoms with Crippen LogP contribution in [0.25, 0.3) is 44.7 Å². The minimum absolute atomic E-state index is 0.144. The summed E-state index contributed by atoms with van der Waals surface area (Å²) in [5.74, 6) is -0.0672. The van der Waals surface area contributed by atoms with Crippen LogP contribution in [0.15, 0.2) is 96.8 Å². The molecule has 138 valence electrons. The molecule has 3 nitrogen and oxygen atoms in total. The molecule has 1 aromatic heterocycles. The maximum atomic E-state index is 8.86. The summed E-state index contributed by atoms with van der Waals surface area (Å²) in [6.45, 7) is 0. The van der Waals surface area contributed by atoms with Crippen molar-refractivity contribution in [2.75, 3.05) is 0 Å². The Labute approximate surface area is 189 Å². The zero-order chi connectivity index (χ0) is 29.2. The second-order valence-electron chi connectivity index (χ2n) is 5.87. The molecule has 0 spiro atoms. The smallest absolute Gasteiger partial charge is 0.208 e. The molecule has 0 unspecified atom stereocenters. The summed E-state index contributed by atoms with van der Waals surface area (Å²) in [5.41, 5.74) is -0.634. The maximum Gasteiger partial charge on any atom is 0.226 e. The lowest BCUT2D eigenvalue weighted by atomic mass is 10.00. The topological polar surface area (TPSA) is 38.7 Å². The molecule has 0 aliphatic heterocycles. The quantitative estimate of drug-likeness (QED) is 0.336. The lowest BCUT2D eigenvalue weighted by molar-refractivity contribution is 1.07. The molecule has 4 heteroatoms. The fourth-order valence-electron chi connectivity index (χ4n) is 2.67. The Morgan fingerprint density at radius 1 is 0.586 bits per heavy atom. The molecule has 0 bridgehead atoms. The molecule has 0 atom stereocenters. The van der Waals surface area contributed by atoms with Gasteiger partial charge >= 0.3 is 0 Å². The van der Waals surface area contributed by atoms with Crippen molar-refractivity contribution in [1.29, 1.82) is 0 Å². The van der Waals surface area contributed by atoms with Crippen molar-refractivity contribution in [3.05, 3.63) is 102 Å². The Bertz CT molecular complexity index is 1850. The van der Waals surface area contributed by atoms with Gasteiger partial charge in [-0.2, -0.15) is 9.97 Å².